The van der Waals surface area contributed by atoms with Crippen molar-refractivity contribution in [3.8, 4) is 0 Å². The van der Waals surface area contributed by atoms with E-state index in [9.17, 15) is 0 Å². The van der Waals surface area contributed by atoms with Gasteiger partial charge < -0.3 is 11.1 Å². The molecule has 0 aromatic carbocycles. The summed E-state index contributed by atoms with van der Waals surface area (Å²) in [5.74, 6) is 0.617. The Morgan fingerprint density at radius 2 is 2.31 bits per heavy atom. The molecule has 2 aromatic rings. The maximum Gasteiger partial charge on any atom is 0.142 e. The highest BCUT2D eigenvalue weighted by Gasteiger charge is 2.05. The number of hydrogen-bond acceptors (Lipinski definition) is 5. The number of nitrogens with zero attached hydrogens (tertiary/aromatic N) is 1. The number of anilines is 2. The summed E-state index contributed by atoms with van der Waals surface area (Å²) in [5, 5.41) is 4.39. The number of nitrogen functional groups attached to an aromatic ring is 1. The molecule has 0 aliphatic carbocycles. The highest BCUT2D eigenvalue weighted by atomic mass is 35.5. The summed E-state index contributed by atoms with van der Waals surface area (Å²) in [4.78, 5) is 1.28. The van der Waals surface area contributed by atoms with Crippen LogP contribution in [-0.4, -0.2) is 10.9 Å². The first-order chi connectivity index (χ1) is 7.66. The fourth-order valence-corrected chi connectivity index (χ4v) is 3.12. The summed E-state index contributed by atoms with van der Waals surface area (Å²) in [7, 11) is 0. The molecule has 0 radical (unpaired) electrons. The second-order valence-corrected chi connectivity index (χ2v) is 5.98. The van der Waals surface area contributed by atoms with Gasteiger partial charge in [0.15, 0.2) is 0 Å². The van der Waals surface area contributed by atoms with E-state index < -0.39 is 0 Å². The number of nitrogens with two attached hydrogens (primary N) is 1. The lowest BCUT2D eigenvalue weighted by Gasteiger charge is -2.02. The monoisotopic (exact) mass is 273 g/mol. The van der Waals surface area contributed by atoms with Gasteiger partial charge >= 0.3 is 0 Å². The lowest BCUT2D eigenvalue weighted by molar-refractivity contribution is 1.05. The zero-order chi connectivity index (χ0) is 11.5. The molecule has 0 saturated heterocycles. The highest BCUT2D eigenvalue weighted by molar-refractivity contribution is 7.16. The van der Waals surface area contributed by atoms with Crippen LogP contribution in [-0.2, 0) is 6.42 Å². The molecule has 0 unspecified atom stereocenters. The van der Waals surface area contributed by atoms with Crippen LogP contribution >= 0.6 is 34.5 Å². The predicted molar refractivity (Wildman–Crippen MR) is 72.8 cm³/mol. The molecule has 0 spiro atoms. The number of thiophene rings is 1. The zero-order valence-electron chi connectivity index (χ0n) is 8.79. The molecule has 2 heterocycles. The molecular weight excluding hydrogens is 262 g/mol. The second kappa shape index (κ2) is 5.03. The van der Waals surface area contributed by atoms with Crippen LogP contribution in [0.25, 0.3) is 0 Å². The van der Waals surface area contributed by atoms with Crippen LogP contribution in [0.15, 0.2) is 12.1 Å². The summed E-state index contributed by atoms with van der Waals surface area (Å²) >= 11 is 8.89. The highest BCUT2D eigenvalue weighted by Crippen LogP contribution is 2.26. The van der Waals surface area contributed by atoms with E-state index in [2.05, 4.69) is 15.8 Å². The molecule has 0 fully saturated rings. The zero-order valence-corrected chi connectivity index (χ0v) is 11.2. The van der Waals surface area contributed by atoms with Crippen molar-refractivity contribution in [1.82, 2.24) is 4.37 Å². The van der Waals surface area contributed by atoms with Gasteiger partial charge in [-0.05, 0) is 37.0 Å². The van der Waals surface area contributed by atoms with E-state index in [4.69, 9.17) is 17.3 Å². The van der Waals surface area contributed by atoms with Crippen molar-refractivity contribution < 1.29 is 0 Å². The Labute approximate surface area is 107 Å². The van der Waals surface area contributed by atoms with Gasteiger partial charge in [-0.15, -0.1) is 11.3 Å². The molecule has 6 heteroatoms. The first-order valence-electron chi connectivity index (χ1n) is 4.86. The molecule has 3 nitrogen and oxygen atoms in total. The predicted octanol–water partition coefficient (Wildman–Crippen LogP) is 3.40. The van der Waals surface area contributed by atoms with Crippen LogP contribution in [0.1, 0.15) is 10.4 Å². The Hall–Kier alpha value is -0.780. The van der Waals surface area contributed by atoms with Gasteiger partial charge in [-0.25, -0.2) is 0 Å². The lowest BCUT2D eigenvalue weighted by Crippen LogP contribution is -2.03. The van der Waals surface area contributed by atoms with Gasteiger partial charge in [-0.3, -0.25) is 0 Å². The third-order valence-corrected chi connectivity index (χ3v) is 4.46. The second-order valence-electron chi connectivity index (χ2n) is 3.40. The minimum Gasteiger partial charge on any atom is -0.383 e. The molecule has 0 amide bonds. The normalized spacial score (nSPS) is 10.6. The van der Waals surface area contributed by atoms with Gasteiger partial charge in [0.05, 0.1) is 4.34 Å². The molecule has 3 N–H and O–H groups in total. The van der Waals surface area contributed by atoms with Gasteiger partial charge in [0.1, 0.15) is 10.8 Å². The molecule has 16 heavy (non-hydrogen) atoms. The third kappa shape index (κ3) is 2.66. The minimum atomic E-state index is 0.617. The van der Waals surface area contributed by atoms with Crippen LogP contribution in [0.5, 0.6) is 0 Å². The maximum atomic E-state index is 5.86. The minimum absolute atomic E-state index is 0.617. The van der Waals surface area contributed by atoms with Crippen molar-refractivity contribution in [1.29, 1.82) is 0 Å². The van der Waals surface area contributed by atoms with E-state index in [1.54, 1.807) is 11.3 Å². The molecule has 0 aliphatic heterocycles. The van der Waals surface area contributed by atoms with Crippen molar-refractivity contribution in [2.24, 2.45) is 0 Å². The van der Waals surface area contributed by atoms with Crippen molar-refractivity contribution in [2.45, 2.75) is 13.3 Å². The van der Waals surface area contributed by atoms with Crippen molar-refractivity contribution in [2.75, 3.05) is 17.6 Å². The summed E-state index contributed by atoms with van der Waals surface area (Å²) in [6.45, 7) is 2.85. The smallest absolute Gasteiger partial charge is 0.142 e. The van der Waals surface area contributed by atoms with Gasteiger partial charge in [-0.2, -0.15) is 4.37 Å². The molecule has 0 saturated carbocycles. The molecule has 0 bridgehead atoms. The number of nitrogens with one attached hydrogen (secondary N) is 1. The van der Waals surface area contributed by atoms with Crippen LogP contribution in [0.2, 0.25) is 4.34 Å². The molecule has 0 aliphatic rings. The maximum absolute atomic E-state index is 5.86. The number of halogens is 1. The van der Waals surface area contributed by atoms with Crippen molar-refractivity contribution in [3.05, 3.63) is 26.9 Å². The average Bonchev–Trinajstić information content (AvgIpc) is 2.79. The molecule has 0 atom stereocenters. The van der Waals surface area contributed by atoms with Crippen molar-refractivity contribution >= 4 is 45.3 Å². The molecule has 86 valence electrons. The van der Waals surface area contributed by atoms with Crippen molar-refractivity contribution in [3.63, 3.8) is 0 Å². The third-order valence-electron chi connectivity index (χ3n) is 2.25. The fourth-order valence-electron chi connectivity index (χ4n) is 1.30. The van der Waals surface area contributed by atoms with Crippen LogP contribution in [0.4, 0.5) is 10.8 Å². The summed E-state index contributed by atoms with van der Waals surface area (Å²) in [6.07, 6.45) is 0.967. The number of hydrogen-bond donors (Lipinski definition) is 2. The molecule has 2 rings (SSSR count). The van der Waals surface area contributed by atoms with Gasteiger partial charge in [0, 0.05) is 17.0 Å². The van der Waals surface area contributed by atoms with E-state index in [-0.39, 0.29) is 0 Å². The fraction of sp³-hybridized carbons (Fsp3) is 0.300. The topological polar surface area (TPSA) is 50.9 Å². The Kier molecular flexibility index (Phi) is 3.68. The number of rotatable bonds is 4. The first kappa shape index (κ1) is 11.7. The largest absolute Gasteiger partial charge is 0.383 e. The average molecular weight is 274 g/mol. The lowest BCUT2D eigenvalue weighted by atomic mass is 10.3. The summed E-state index contributed by atoms with van der Waals surface area (Å²) < 4.78 is 4.93. The van der Waals surface area contributed by atoms with Crippen LogP contribution in [0.3, 0.4) is 0 Å². The standard InChI is InChI=1S/C10H12ClN3S2/c1-6-9(12)14-16-10(6)13-5-4-7-2-3-8(11)15-7/h2-3,13H,4-5H2,1H3,(H2,12,14). The molecule has 2 aromatic heterocycles. The van der Waals surface area contributed by atoms with Gasteiger partial charge in [0.25, 0.3) is 0 Å². The first-order valence-corrected chi connectivity index (χ1v) is 6.83. The van der Waals surface area contributed by atoms with E-state index in [0.29, 0.717) is 5.82 Å². The summed E-state index contributed by atoms with van der Waals surface area (Å²) in [5.41, 5.74) is 6.71. The number of aromatic nitrogens is 1. The van der Waals surface area contributed by atoms with E-state index in [1.807, 2.05) is 13.0 Å². The van der Waals surface area contributed by atoms with E-state index >= 15 is 0 Å². The van der Waals surface area contributed by atoms with Crippen LogP contribution in [0, 0.1) is 6.92 Å². The Bertz CT molecular complexity index is 478. The van der Waals surface area contributed by atoms with Crippen LogP contribution < -0.4 is 11.1 Å². The summed E-state index contributed by atoms with van der Waals surface area (Å²) in [6, 6.07) is 3.99. The van der Waals surface area contributed by atoms with Gasteiger partial charge in [-0.1, -0.05) is 11.6 Å². The van der Waals surface area contributed by atoms with E-state index in [0.717, 1.165) is 27.9 Å². The Morgan fingerprint density at radius 1 is 1.50 bits per heavy atom. The molecular formula is C10H12ClN3S2. The van der Waals surface area contributed by atoms with Gasteiger partial charge in [0.2, 0.25) is 0 Å². The Balaban J connectivity index is 1.86. The Morgan fingerprint density at radius 3 is 2.88 bits per heavy atom. The quantitative estimate of drug-likeness (QED) is 0.898. The van der Waals surface area contributed by atoms with E-state index in [1.165, 1.54) is 16.4 Å². The SMILES string of the molecule is Cc1c(N)nsc1NCCc1ccc(Cl)s1.